The third-order valence-electron chi connectivity index (χ3n) is 5.17. The van der Waals surface area contributed by atoms with Gasteiger partial charge in [-0.1, -0.05) is 77.1 Å². The van der Waals surface area contributed by atoms with Gasteiger partial charge < -0.3 is 9.47 Å². The second-order valence-electron chi connectivity index (χ2n) is 7.88. The fourth-order valence-corrected chi connectivity index (χ4v) is 2.62. The number of Topliss-reactive ketones (excluding diaryl/α,β-unsaturated/α-hetero) is 1. The van der Waals surface area contributed by atoms with E-state index in [2.05, 4.69) is 63.3 Å². The molecule has 0 heterocycles. The Bertz CT molecular complexity index is 708. The van der Waals surface area contributed by atoms with Crippen molar-refractivity contribution >= 4 is 11.4 Å². The minimum atomic E-state index is 0.0130. The summed E-state index contributed by atoms with van der Waals surface area (Å²) in [5.74, 6) is 1.48. The van der Waals surface area contributed by atoms with Crippen LogP contribution in [0.25, 0.3) is 5.57 Å². The molecule has 0 fully saturated rings. The van der Waals surface area contributed by atoms with Gasteiger partial charge in [0, 0.05) is 11.3 Å². The molecule has 0 spiro atoms. The van der Waals surface area contributed by atoms with Crippen molar-refractivity contribution in [3.8, 4) is 5.75 Å². The van der Waals surface area contributed by atoms with Crippen LogP contribution < -0.4 is 4.74 Å². The van der Waals surface area contributed by atoms with Gasteiger partial charge >= 0.3 is 0 Å². The summed E-state index contributed by atoms with van der Waals surface area (Å²) in [6.07, 6.45) is 11.1. The molecule has 2 rings (SSSR count). The Morgan fingerprint density at radius 3 is 2.37 bits per heavy atom. The topological polar surface area (TPSA) is 35.5 Å². The predicted octanol–water partition coefficient (Wildman–Crippen LogP) is 5.48. The van der Waals surface area contributed by atoms with E-state index in [0.29, 0.717) is 19.1 Å². The minimum Gasteiger partial charge on any atom is -0.491 e. The van der Waals surface area contributed by atoms with Gasteiger partial charge in [0.05, 0.1) is 6.61 Å². The van der Waals surface area contributed by atoms with Crippen molar-refractivity contribution in [2.75, 3.05) is 19.8 Å². The zero-order valence-electron chi connectivity index (χ0n) is 17.2. The molecular weight excluding hydrogens is 336 g/mol. The molecule has 0 aliphatic heterocycles. The molecule has 0 N–H and O–H groups in total. The minimum absolute atomic E-state index is 0.0130. The molecule has 1 atom stereocenters. The molecule has 0 amide bonds. The summed E-state index contributed by atoms with van der Waals surface area (Å²) >= 11 is 0. The number of ether oxygens (including phenoxy) is 2. The van der Waals surface area contributed by atoms with Gasteiger partial charge in [0.2, 0.25) is 0 Å². The van der Waals surface area contributed by atoms with E-state index < -0.39 is 0 Å². The van der Waals surface area contributed by atoms with Crippen LogP contribution in [-0.4, -0.2) is 25.6 Å². The molecule has 1 aromatic rings. The van der Waals surface area contributed by atoms with Crippen molar-refractivity contribution in [1.82, 2.24) is 0 Å². The van der Waals surface area contributed by atoms with Gasteiger partial charge in [-0.15, -0.1) is 0 Å². The van der Waals surface area contributed by atoms with Gasteiger partial charge in [-0.2, -0.15) is 0 Å². The lowest BCUT2D eigenvalue weighted by molar-refractivity contribution is -0.126. The van der Waals surface area contributed by atoms with Gasteiger partial charge in [0.25, 0.3) is 0 Å². The summed E-state index contributed by atoms with van der Waals surface area (Å²) in [5.41, 5.74) is 2.44. The van der Waals surface area contributed by atoms with E-state index in [0.717, 1.165) is 11.3 Å². The van der Waals surface area contributed by atoms with Crippen LogP contribution in [0.3, 0.4) is 0 Å². The lowest BCUT2D eigenvalue weighted by Gasteiger charge is -2.26. The molecule has 0 aromatic heterocycles. The number of ketones is 1. The third-order valence-corrected chi connectivity index (χ3v) is 5.17. The van der Waals surface area contributed by atoms with Crippen molar-refractivity contribution in [3.63, 3.8) is 0 Å². The number of hydrogen-bond acceptors (Lipinski definition) is 3. The maximum Gasteiger partial charge on any atom is 0.160 e. The molecule has 1 aliphatic carbocycles. The molecule has 0 saturated carbocycles. The highest BCUT2D eigenvalue weighted by atomic mass is 16.5. The highest BCUT2D eigenvalue weighted by Gasteiger charge is 2.22. The number of benzene rings is 1. The highest BCUT2D eigenvalue weighted by molar-refractivity contribution is 5.81. The van der Waals surface area contributed by atoms with Crippen LogP contribution in [-0.2, 0) is 9.53 Å². The van der Waals surface area contributed by atoms with Gasteiger partial charge in [-0.25, -0.2) is 0 Å². The highest BCUT2D eigenvalue weighted by Crippen LogP contribution is 2.34. The van der Waals surface area contributed by atoms with Crippen LogP contribution >= 0.6 is 0 Å². The summed E-state index contributed by atoms with van der Waals surface area (Å²) in [5, 5.41) is 0. The summed E-state index contributed by atoms with van der Waals surface area (Å²) in [7, 11) is 0. The van der Waals surface area contributed by atoms with Gasteiger partial charge in [-0.3, -0.25) is 4.79 Å². The monoisotopic (exact) mass is 368 g/mol. The quantitative estimate of drug-likeness (QED) is 0.542. The number of allylic oxidation sites excluding steroid dienone is 6. The first-order valence-electron chi connectivity index (χ1n) is 9.74. The maximum atomic E-state index is 11.5. The van der Waals surface area contributed by atoms with Crippen molar-refractivity contribution in [2.45, 2.75) is 34.6 Å². The Balaban J connectivity index is 1.86. The first kappa shape index (κ1) is 21.2. The smallest absolute Gasteiger partial charge is 0.160 e. The third kappa shape index (κ3) is 6.21. The number of rotatable bonds is 9. The molecule has 0 saturated heterocycles. The van der Waals surface area contributed by atoms with E-state index in [4.69, 9.17) is 9.47 Å². The zero-order valence-corrected chi connectivity index (χ0v) is 17.2. The Morgan fingerprint density at radius 1 is 1.04 bits per heavy atom. The van der Waals surface area contributed by atoms with Crippen LogP contribution in [0.2, 0.25) is 0 Å². The fraction of sp³-hybridized carbons (Fsp3) is 0.458. The van der Waals surface area contributed by atoms with E-state index in [1.807, 2.05) is 26.0 Å². The average molecular weight is 369 g/mol. The average Bonchev–Trinajstić information content (AvgIpc) is 2.84. The molecule has 146 valence electrons. The number of carbonyl (C=O) groups is 1. The predicted molar refractivity (Wildman–Crippen MR) is 112 cm³/mol. The van der Waals surface area contributed by atoms with Crippen molar-refractivity contribution < 1.29 is 14.3 Å². The Morgan fingerprint density at radius 2 is 1.74 bits per heavy atom. The van der Waals surface area contributed by atoms with Crippen molar-refractivity contribution in [2.24, 2.45) is 17.3 Å². The zero-order chi connectivity index (χ0) is 19.9. The second kappa shape index (κ2) is 9.70. The van der Waals surface area contributed by atoms with E-state index in [9.17, 15) is 4.79 Å². The van der Waals surface area contributed by atoms with Crippen LogP contribution in [0.1, 0.15) is 40.2 Å². The molecule has 27 heavy (non-hydrogen) atoms. The van der Waals surface area contributed by atoms with Gasteiger partial charge in [-0.05, 0) is 29.2 Å². The lowest BCUT2D eigenvalue weighted by atomic mass is 9.79. The SMILES string of the molecule is CC(C)C(=O)COCCOc1ccc(C2=CC=CC(C)(C(C)C)C=C2)cc1. The van der Waals surface area contributed by atoms with E-state index in [1.165, 1.54) is 5.57 Å². The van der Waals surface area contributed by atoms with Crippen molar-refractivity contribution in [3.05, 3.63) is 60.2 Å². The Kier molecular flexibility index (Phi) is 7.61. The van der Waals surface area contributed by atoms with Crippen molar-refractivity contribution in [1.29, 1.82) is 0 Å². The molecule has 0 bridgehead atoms. The molecule has 3 heteroatoms. The van der Waals surface area contributed by atoms with Crippen LogP contribution in [0.15, 0.2) is 54.6 Å². The number of carbonyl (C=O) groups excluding carboxylic acids is 1. The summed E-state index contributed by atoms with van der Waals surface area (Å²) in [6.45, 7) is 11.5. The summed E-state index contributed by atoms with van der Waals surface area (Å²) < 4.78 is 11.0. The normalized spacial score (nSPS) is 19.3. The lowest BCUT2D eigenvalue weighted by Crippen LogP contribution is -2.17. The maximum absolute atomic E-state index is 11.5. The number of hydrogen-bond donors (Lipinski definition) is 0. The van der Waals surface area contributed by atoms with Gasteiger partial charge in [0.1, 0.15) is 19.0 Å². The van der Waals surface area contributed by atoms with Crippen LogP contribution in [0, 0.1) is 17.3 Å². The Labute approximate surface area is 163 Å². The molecule has 0 radical (unpaired) electrons. The fourth-order valence-electron chi connectivity index (χ4n) is 2.62. The molecule has 1 aliphatic rings. The summed E-state index contributed by atoms with van der Waals surface area (Å²) in [4.78, 5) is 11.5. The molecule has 1 unspecified atom stereocenters. The van der Waals surface area contributed by atoms with E-state index in [1.54, 1.807) is 0 Å². The van der Waals surface area contributed by atoms with Crippen LogP contribution in [0.5, 0.6) is 5.75 Å². The first-order chi connectivity index (χ1) is 12.8. The summed E-state index contributed by atoms with van der Waals surface area (Å²) in [6, 6.07) is 8.08. The molecular formula is C24H32O3. The van der Waals surface area contributed by atoms with Gasteiger partial charge in [0.15, 0.2) is 5.78 Å². The van der Waals surface area contributed by atoms with E-state index >= 15 is 0 Å². The van der Waals surface area contributed by atoms with E-state index in [-0.39, 0.29) is 23.7 Å². The standard InChI is InChI=1S/C24H32O3/c1-18(2)23(25)17-26-15-16-27-22-10-8-21(9-11-22)20-7-6-13-24(5,14-12-20)19(3)4/h6-14,18-19H,15-17H2,1-5H3. The molecule has 3 nitrogen and oxygen atoms in total. The second-order valence-corrected chi connectivity index (χ2v) is 7.88. The molecule has 1 aromatic carbocycles. The Hall–Kier alpha value is -2.13. The van der Waals surface area contributed by atoms with Crippen LogP contribution in [0.4, 0.5) is 0 Å². The first-order valence-corrected chi connectivity index (χ1v) is 9.74. The largest absolute Gasteiger partial charge is 0.491 e.